The Morgan fingerprint density at radius 2 is 1.25 bits per heavy atom. The molecular weight excluding hydrogens is 360 g/mol. The fourth-order valence-electron chi connectivity index (χ4n) is 2.67. The molecule has 3 nitrogen and oxygen atoms in total. The van der Waals surface area contributed by atoms with E-state index >= 15 is 0 Å². The van der Waals surface area contributed by atoms with Gasteiger partial charge in [0, 0.05) is 10.2 Å². The molecule has 0 atom stereocenters. The lowest BCUT2D eigenvalue weighted by Crippen LogP contribution is -2.38. The summed E-state index contributed by atoms with van der Waals surface area (Å²) in [5, 5.41) is 13.8. The first kappa shape index (κ1) is 17.9. The number of hydrogen-bond acceptors (Lipinski definition) is 6. The highest BCUT2D eigenvalue weighted by molar-refractivity contribution is 8.32. The van der Waals surface area contributed by atoms with E-state index in [1.807, 2.05) is 60.3 Å². The van der Waals surface area contributed by atoms with Crippen LogP contribution in [0.15, 0.2) is 48.5 Å². The molecule has 24 heavy (non-hydrogen) atoms. The Morgan fingerprint density at radius 1 is 0.833 bits per heavy atom. The number of thioether (sulfide) groups is 3. The number of aliphatic hydroxyl groups is 1. The third kappa shape index (κ3) is 3.52. The summed E-state index contributed by atoms with van der Waals surface area (Å²) < 4.78 is 10.5. The molecule has 1 aliphatic heterocycles. The van der Waals surface area contributed by atoms with Gasteiger partial charge in [0.1, 0.15) is 17.1 Å². The molecule has 0 unspecified atom stereocenters. The standard InChI is InChI=1S/C18H20O3S3/c1-20-15-7-3-13(4-8-15)18(19,17-23-11-22-12-24-17)14-5-9-16(21-2)10-6-14/h3-10,17,19H,11-12H2,1-2H3. The summed E-state index contributed by atoms with van der Waals surface area (Å²) in [7, 11) is 3.30. The fourth-order valence-corrected chi connectivity index (χ4v) is 7.73. The van der Waals surface area contributed by atoms with Gasteiger partial charge < -0.3 is 14.6 Å². The van der Waals surface area contributed by atoms with Gasteiger partial charge in [0.25, 0.3) is 0 Å². The fraction of sp³-hybridized carbons (Fsp3) is 0.333. The maximum atomic E-state index is 11.8. The Bertz CT molecular complexity index is 605. The van der Waals surface area contributed by atoms with Crippen LogP contribution in [0.25, 0.3) is 0 Å². The summed E-state index contributed by atoms with van der Waals surface area (Å²) >= 11 is 5.48. The Balaban J connectivity index is 2.04. The van der Waals surface area contributed by atoms with E-state index in [-0.39, 0.29) is 4.58 Å². The van der Waals surface area contributed by atoms with Gasteiger partial charge in [0.15, 0.2) is 0 Å². The molecule has 1 fully saturated rings. The van der Waals surface area contributed by atoms with Gasteiger partial charge in [-0.25, -0.2) is 0 Å². The van der Waals surface area contributed by atoms with Crippen molar-refractivity contribution in [2.24, 2.45) is 0 Å². The van der Waals surface area contributed by atoms with Crippen molar-refractivity contribution in [3.8, 4) is 11.5 Å². The summed E-state index contributed by atoms with van der Waals surface area (Å²) in [5.74, 6) is 1.57. The van der Waals surface area contributed by atoms with Gasteiger partial charge in [-0.3, -0.25) is 0 Å². The number of ether oxygens (including phenoxy) is 2. The number of hydrogen-bond donors (Lipinski definition) is 1. The zero-order chi connectivity index (χ0) is 17.0. The monoisotopic (exact) mass is 380 g/mol. The molecule has 1 saturated heterocycles. The highest BCUT2D eigenvalue weighted by Gasteiger charge is 2.42. The number of rotatable bonds is 5. The van der Waals surface area contributed by atoms with Gasteiger partial charge in [0.2, 0.25) is 0 Å². The third-order valence-electron chi connectivity index (χ3n) is 4.01. The van der Waals surface area contributed by atoms with E-state index in [0.29, 0.717) is 0 Å². The van der Waals surface area contributed by atoms with Crippen LogP contribution in [0.5, 0.6) is 11.5 Å². The molecule has 0 radical (unpaired) electrons. The van der Waals surface area contributed by atoms with Crippen molar-refractivity contribution in [2.45, 2.75) is 10.2 Å². The van der Waals surface area contributed by atoms with Crippen LogP contribution in [0.4, 0.5) is 0 Å². The normalized spacial score (nSPS) is 16.0. The zero-order valence-electron chi connectivity index (χ0n) is 13.6. The average molecular weight is 381 g/mol. The Morgan fingerprint density at radius 3 is 1.62 bits per heavy atom. The first-order chi connectivity index (χ1) is 11.7. The molecule has 0 saturated carbocycles. The number of benzene rings is 2. The van der Waals surface area contributed by atoms with Crippen molar-refractivity contribution in [2.75, 3.05) is 24.4 Å². The summed E-state index contributed by atoms with van der Waals surface area (Å²) in [6.45, 7) is 0. The second-order valence-electron chi connectivity index (χ2n) is 5.33. The van der Waals surface area contributed by atoms with Crippen molar-refractivity contribution in [3.05, 3.63) is 59.7 Å². The van der Waals surface area contributed by atoms with Crippen LogP contribution >= 0.6 is 35.3 Å². The SMILES string of the molecule is COc1ccc(C(O)(c2ccc(OC)cc2)C2SCSCS2)cc1. The van der Waals surface area contributed by atoms with Crippen molar-refractivity contribution in [1.82, 2.24) is 0 Å². The smallest absolute Gasteiger partial charge is 0.136 e. The molecule has 1 aliphatic rings. The lowest BCUT2D eigenvalue weighted by atomic mass is 9.87. The van der Waals surface area contributed by atoms with E-state index in [2.05, 4.69) is 0 Å². The molecule has 0 amide bonds. The van der Waals surface area contributed by atoms with E-state index in [1.54, 1.807) is 37.7 Å². The Kier molecular flexibility index (Phi) is 5.92. The molecule has 1 N–H and O–H groups in total. The topological polar surface area (TPSA) is 38.7 Å². The second kappa shape index (κ2) is 7.95. The summed E-state index contributed by atoms with van der Waals surface area (Å²) in [6.07, 6.45) is 0. The Hall–Kier alpha value is -0.950. The minimum absolute atomic E-state index is 0.0422. The van der Waals surface area contributed by atoms with Crippen molar-refractivity contribution in [1.29, 1.82) is 0 Å². The summed E-state index contributed by atoms with van der Waals surface area (Å²) in [6, 6.07) is 15.4. The van der Waals surface area contributed by atoms with Crippen LogP contribution < -0.4 is 9.47 Å². The molecule has 0 aromatic heterocycles. The second-order valence-corrected chi connectivity index (χ2v) is 9.53. The molecule has 3 rings (SSSR count). The molecule has 2 aromatic carbocycles. The van der Waals surface area contributed by atoms with Crippen LogP contribution in [0.1, 0.15) is 11.1 Å². The minimum atomic E-state index is -1.06. The van der Waals surface area contributed by atoms with E-state index in [9.17, 15) is 5.11 Å². The van der Waals surface area contributed by atoms with Gasteiger partial charge in [0.05, 0.1) is 18.8 Å². The summed E-state index contributed by atoms with van der Waals surface area (Å²) in [4.78, 5) is 0. The van der Waals surface area contributed by atoms with Gasteiger partial charge in [-0.05, 0) is 35.4 Å². The third-order valence-corrected chi connectivity index (χ3v) is 8.53. The lowest BCUT2D eigenvalue weighted by Gasteiger charge is -2.38. The molecule has 128 valence electrons. The molecule has 6 heteroatoms. The van der Waals surface area contributed by atoms with Crippen molar-refractivity contribution in [3.63, 3.8) is 0 Å². The van der Waals surface area contributed by atoms with E-state index < -0.39 is 5.60 Å². The first-order valence-electron chi connectivity index (χ1n) is 7.51. The largest absolute Gasteiger partial charge is 0.497 e. The maximum Gasteiger partial charge on any atom is 0.136 e. The molecule has 0 bridgehead atoms. The molecule has 2 aromatic rings. The quantitative estimate of drug-likeness (QED) is 0.829. The number of methoxy groups -OCH3 is 2. The van der Waals surface area contributed by atoms with Gasteiger partial charge >= 0.3 is 0 Å². The predicted octanol–water partition coefficient (Wildman–Crippen LogP) is 4.39. The first-order valence-corrected chi connectivity index (χ1v) is 10.8. The van der Waals surface area contributed by atoms with Crippen molar-refractivity contribution < 1.29 is 14.6 Å². The minimum Gasteiger partial charge on any atom is -0.497 e. The van der Waals surface area contributed by atoms with Gasteiger partial charge in [-0.2, -0.15) is 0 Å². The van der Waals surface area contributed by atoms with Crippen LogP contribution in [-0.2, 0) is 5.60 Å². The van der Waals surface area contributed by atoms with Crippen molar-refractivity contribution >= 4 is 35.3 Å². The van der Waals surface area contributed by atoms with E-state index in [0.717, 1.165) is 32.8 Å². The lowest BCUT2D eigenvalue weighted by molar-refractivity contribution is 0.0992. The van der Waals surface area contributed by atoms with Crippen LogP contribution in [0, 0.1) is 0 Å². The van der Waals surface area contributed by atoms with Crippen LogP contribution in [0.3, 0.4) is 0 Å². The molecule has 0 spiro atoms. The zero-order valence-corrected chi connectivity index (χ0v) is 16.0. The van der Waals surface area contributed by atoms with Gasteiger partial charge in [-0.1, -0.05) is 24.3 Å². The van der Waals surface area contributed by atoms with Crippen LogP contribution in [-0.4, -0.2) is 34.1 Å². The van der Waals surface area contributed by atoms with Crippen LogP contribution in [0.2, 0.25) is 0 Å². The maximum absolute atomic E-state index is 11.8. The van der Waals surface area contributed by atoms with E-state index in [4.69, 9.17) is 9.47 Å². The highest BCUT2D eigenvalue weighted by atomic mass is 32.3. The van der Waals surface area contributed by atoms with Gasteiger partial charge in [-0.15, -0.1) is 35.3 Å². The highest BCUT2D eigenvalue weighted by Crippen LogP contribution is 2.49. The summed E-state index contributed by atoms with van der Waals surface area (Å²) in [5.41, 5.74) is 0.699. The molecule has 0 aliphatic carbocycles. The molecular formula is C18H20O3S3. The molecule has 1 heterocycles. The van der Waals surface area contributed by atoms with E-state index in [1.165, 1.54) is 0 Å². The predicted molar refractivity (Wildman–Crippen MR) is 105 cm³/mol. The average Bonchev–Trinajstić information content (AvgIpc) is 2.68. The Labute approximate surface area is 155 Å².